The Labute approximate surface area is 89.6 Å². The summed E-state index contributed by atoms with van der Waals surface area (Å²) in [5.41, 5.74) is 6.59. The van der Waals surface area contributed by atoms with Crippen LogP contribution in [0, 0.1) is 5.92 Å². The van der Waals surface area contributed by atoms with Crippen molar-refractivity contribution < 1.29 is 4.74 Å². The second-order valence-electron chi connectivity index (χ2n) is 4.21. The number of nitrogens with zero attached hydrogens (tertiary/aromatic N) is 3. The molecule has 5 nitrogen and oxygen atoms in total. The molecule has 0 radical (unpaired) electrons. The molecule has 5 heteroatoms. The highest BCUT2D eigenvalue weighted by atomic mass is 16.5. The Kier molecular flexibility index (Phi) is 3.33. The molecule has 1 unspecified atom stereocenters. The van der Waals surface area contributed by atoms with Gasteiger partial charge in [0.1, 0.15) is 0 Å². The summed E-state index contributed by atoms with van der Waals surface area (Å²) in [7, 11) is 0. The van der Waals surface area contributed by atoms with Crippen LogP contribution in [-0.2, 0) is 11.3 Å². The van der Waals surface area contributed by atoms with E-state index in [0.717, 1.165) is 38.3 Å². The maximum absolute atomic E-state index is 5.72. The van der Waals surface area contributed by atoms with Gasteiger partial charge in [-0.1, -0.05) is 5.21 Å². The van der Waals surface area contributed by atoms with Gasteiger partial charge in [-0.2, -0.15) is 0 Å². The van der Waals surface area contributed by atoms with Crippen LogP contribution in [0.4, 0.5) is 0 Å². The highest BCUT2D eigenvalue weighted by molar-refractivity contribution is 4.97. The quantitative estimate of drug-likeness (QED) is 0.798. The van der Waals surface area contributed by atoms with Crippen molar-refractivity contribution in [3.63, 3.8) is 0 Å². The molecule has 1 atom stereocenters. The number of aromatic nitrogens is 3. The first-order valence-corrected chi connectivity index (χ1v) is 5.49. The van der Waals surface area contributed by atoms with Crippen LogP contribution in [0.3, 0.4) is 0 Å². The van der Waals surface area contributed by atoms with Gasteiger partial charge in [0, 0.05) is 25.8 Å². The summed E-state index contributed by atoms with van der Waals surface area (Å²) in [6.07, 6.45) is 4.18. The number of hydrogen-bond donors (Lipinski definition) is 1. The molecule has 1 fully saturated rings. The topological polar surface area (TPSA) is 66.0 Å². The minimum absolute atomic E-state index is 0.0339. The minimum atomic E-state index is -0.0339. The summed E-state index contributed by atoms with van der Waals surface area (Å²) in [5, 5.41) is 8.12. The first kappa shape index (κ1) is 10.6. The first-order valence-electron chi connectivity index (χ1n) is 5.49. The van der Waals surface area contributed by atoms with Gasteiger partial charge in [-0.25, -0.2) is 0 Å². The molecule has 1 saturated heterocycles. The fourth-order valence-electron chi connectivity index (χ4n) is 1.80. The maximum Gasteiger partial charge on any atom is 0.0991 e. The van der Waals surface area contributed by atoms with Crippen LogP contribution in [0.5, 0.6) is 0 Å². The molecule has 0 spiro atoms. The van der Waals surface area contributed by atoms with Gasteiger partial charge in [0.25, 0.3) is 0 Å². The van der Waals surface area contributed by atoms with E-state index in [9.17, 15) is 0 Å². The largest absolute Gasteiger partial charge is 0.381 e. The van der Waals surface area contributed by atoms with Gasteiger partial charge in [0.2, 0.25) is 0 Å². The fourth-order valence-corrected chi connectivity index (χ4v) is 1.80. The fraction of sp³-hybridized carbons (Fsp3) is 0.800. The summed E-state index contributed by atoms with van der Waals surface area (Å²) < 4.78 is 7.21. The average molecular weight is 210 g/mol. The molecule has 0 aliphatic carbocycles. The smallest absolute Gasteiger partial charge is 0.0991 e. The third kappa shape index (κ3) is 2.76. The Morgan fingerprint density at radius 1 is 1.60 bits per heavy atom. The molecule has 0 aromatic carbocycles. The second kappa shape index (κ2) is 4.72. The molecule has 0 amide bonds. The van der Waals surface area contributed by atoms with Crippen LogP contribution in [0.2, 0.25) is 0 Å². The molecule has 1 aromatic heterocycles. The third-order valence-corrected chi connectivity index (χ3v) is 2.81. The molecule has 1 aliphatic heterocycles. The molecule has 2 heterocycles. The maximum atomic E-state index is 5.72. The lowest BCUT2D eigenvalue weighted by Crippen LogP contribution is -2.20. The summed E-state index contributed by atoms with van der Waals surface area (Å²) in [6.45, 7) is 4.60. The van der Waals surface area contributed by atoms with Crippen molar-refractivity contribution in [3.8, 4) is 0 Å². The van der Waals surface area contributed by atoms with E-state index in [0.29, 0.717) is 5.92 Å². The van der Waals surface area contributed by atoms with Crippen molar-refractivity contribution in [2.24, 2.45) is 11.7 Å². The second-order valence-corrected chi connectivity index (χ2v) is 4.21. The van der Waals surface area contributed by atoms with Crippen molar-refractivity contribution in [1.82, 2.24) is 15.0 Å². The van der Waals surface area contributed by atoms with Crippen molar-refractivity contribution >= 4 is 0 Å². The predicted molar refractivity (Wildman–Crippen MR) is 56.2 cm³/mol. The van der Waals surface area contributed by atoms with E-state index in [-0.39, 0.29) is 6.04 Å². The SMILES string of the molecule is CC(N)c1cn(CC2CCOCC2)nn1. The molecule has 0 saturated carbocycles. The van der Waals surface area contributed by atoms with Gasteiger partial charge in [-0.15, -0.1) is 5.10 Å². The molecule has 1 aromatic rings. The van der Waals surface area contributed by atoms with Gasteiger partial charge in [0.05, 0.1) is 11.9 Å². The van der Waals surface area contributed by atoms with Crippen LogP contribution in [-0.4, -0.2) is 28.2 Å². The Morgan fingerprint density at radius 2 is 2.33 bits per heavy atom. The van der Waals surface area contributed by atoms with Gasteiger partial charge in [-0.05, 0) is 25.7 Å². The van der Waals surface area contributed by atoms with Gasteiger partial charge in [0.15, 0.2) is 0 Å². The van der Waals surface area contributed by atoms with Crippen LogP contribution in [0.1, 0.15) is 31.5 Å². The molecule has 15 heavy (non-hydrogen) atoms. The van der Waals surface area contributed by atoms with Crippen molar-refractivity contribution in [3.05, 3.63) is 11.9 Å². The third-order valence-electron chi connectivity index (χ3n) is 2.81. The number of rotatable bonds is 3. The lowest BCUT2D eigenvalue weighted by atomic mass is 10.0. The molecule has 84 valence electrons. The lowest BCUT2D eigenvalue weighted by molar-refractivity contribution is 0.0600. The Balaban J connectivity index is 1.91. The van der Waals surface area contributed by atoms with E-state index in [4.69, 9.17) is 10.5 Å². The lowest BCUT2D eigenvalue weighted by Gasteiger charge is -2.21. The van der Waals surface area contributed by atoms with E-state index in [1.807, 2.05) is 17.8 Å². The Morgan fingerprint density at radius 3 is 2.93 bits per heavy atom. The van der Waals surface area contributed by atoms with E-state index in [2.05, 4.69) is 10.3 Å². The Bertz CT molecular complexity index is 304. The monoisotopic (exact) mass is 210 g/mol. The summed E-state index contributed by atoms with van der Waals surface area (Å²) >= 11 is 0. The van der Waals surface area contributed by atoms with E-state index >= 15 is 0 Å². The van der Waals surface area contributed by atoms with Gasteiger partial charge >= 0.3 is 0 Å². The van der Waals surface area contributed by atoms with E-state index in [1.165, 1.54) is 0 Å². The molecular weight excluding hydrogens is 192 g/mol. The first-order chi connectivity index (χ1) is 7.25. The number of ether oxygens (including phenoxy) is 1. The highest BCUT2D eigenvalue weighted by Crippen LogP contribution is 2.16. The predicted octanol–water partition coefficient (Wildman–Crippen LogP) is 0.724. The van der Waals surface area contributed by atoms with E-state index in [1.54, 1.807) is 0 Å². The zero-order valence-electron chi connectivity index (χ0n) is 9.09. The zero-order valence-corrected chi connectivity index (χ0v) is 9.09. The van der Waals surface area contributed by atoms with Crippen LogP contribution in [0.15, 0.2) is 6.20 Å². The Hall–Kier alpha value is -0.940. The van der Waals surface area contributed by atoms with Crippen LogP contribution in [0.25, 0.3) is 0 Å². The average Bonchev–Trinajstić information content (AvgIpc) is 2.68. The summed E-state index contributed by atoms with van der Waals surface area (Å²) in [5.74, 6) is 0.668. The van der Waals surface area contributed by atoms with Crippen molar-refractivity contribution in [2.75, 3.05) is 13.2 Å². The van der Waals surface area contributed by atoms with E-state index < -0.39 is 0 Å². The summed E-state index contributed by atoms with van der Waals surface area (Å²) in [4.78, 5) is 0. The molecule has 1 aliphatic rings. The van der Waals surface area contributed by atoms with Gasteiger partial charge < -0.3 is 10.5 Å². The number of hydrogen-bond acceptors (Lipinski definition) is 4. The standard InChI is InChI=1S/C10H18N4O/c1-8(11)10-7-14(13-12-10)6-9-2-4-15-5-3-9/h7-9H,2-6,11H2,1H3. The zero-order chi connectivity index (χ0) is 10.7. The minimum Gasteiger partial charge on any atom is -0.381 e. The molecule has 2 N–H and O–H groups in total. The number of nitrogens with two attached hydrogens (primary N) is 1. The van der Waals surface area contributed by atoms with Gasteiger partial charge in [-0.3, -0.25) is 4.68 Å². The normalized spacial score (nSPS) is 20.4. The molecule has 0 bridgehead atoms. The van der Waals surface area contributed by atoms with Crippen LogP contribution >= 0.6 is 0 Å². The van der Waals surface area contributed by atoms with Crippen LogP contribution < -0.4 is 5.73 Å². The molecule has 2 rings (SSSR count). The summed E-state index contributed by atoms with van der Waals surface area (Å²) in [6, 6.07) is -0.0339. The van der Waals surface area contributed by atoms with Crippen molar-refractivity contribution in [2.45, 2.75) is 32.4 Å². The van der Waals surface area contributed by atoms with Crippen molar-refractivity contribution in [1.29, 1.82) is 0 Å². The molecular formula is C10H18N4O. The highest BCUT2D eigenvalue weighted by Gasteiger charge is 2.15.